The fraction of sp³-hybridized carbons (Fsp3) is 0.929. The van der Waals surface area contributed by atoms with E-state index < -0.39 is 0 Å². The second kappa shape index (κ2) is 7.00. The number of nitrogens with zero attached hydrogens (tertiary/aromatic N) is 1. The summed E-state index contributed by atoms with van der Waals surface area (Å²) in [6.45, 7) is 8.56. The summed E-state index contributed by atoms with van der Waals surface area (Å²) in [7, 11) is 1.50. The number of methoxy groups -OCH3 is 1. The molecule has 0 aliphatic heterocycles. The molecule has 0 aromatic rings. The van der Waals surface area contributed by atoms with Gasteiger partial charge < -0.3 is 4.74 Å². The van der Waals surface area contributed by atoms with E-state index in [4.69, 9.17) is 4.74 Å². The van der Waals surface area contributed by atoms with Crippen molar-refractivity contribution in [1.82, 2.24) is 4.90 Å². The Morgan fingerprint density at radius 1 is 1.29 bits per heavy atom. The molecule has 0 radical (unpaired) electrons. The van der Waals surface area contributed by atoms with Gasteiger partial charge in [-0.2, -0.15) is 0 Å². The van der Waals surface area contributed by atoms with Crippen molar-refractivity contribution >= 4 is 5.97 Å². The van der Waals surface area contributed by atoms with Crippen molar-refractivity contribution in [3.63, 3.8) is 0 Å². The van der Waals surface area contributed by atoms with E-state index in [0.717, 1.165) is 13.1 Å². The van der Waals surface area contributed by atoms with Crippen LogP contribution in [0.15, 0.2) is 0 Å². The lowest BCUT2D eigenvalue weighted by Crippen LogP contribution is -2.45. The molecular formula is C14H27NO2. The van der Waals surface area contributed by atoms with Gasteiger partial charge in [-0.25, -0.2) is 0 Å². The van der Waals surface area contributed by atoms with Gasteiger partial charge in [0, 0.05) is 6.54 Å². The van der Waals surface area contributed by atoms with Crippen molar-refractivity contribution in [3.05, 3.63) is 0 Å². The molecule has 0 N–H and O–H groups in total. The Morgan fingerprint density at radius 3 is 2.24 bits per heavy atom. The third-order valence-electron chi connectivity index (χ3n) is 3.96. The predicted octanol–water partition coefficient (Wildman–Crippen LogP) is 2.70. The molecule has 0 amide bonds. The average molecular weight is 241 g/mol. The molecule has 0 aromatic heterocycles. The van der Waals surface area contributed by atoms with Gasteiger partial charge in [0.2, 0.25) is 0 Å². The molecule has 0 heterocycles. The third-order valence-corrected chi connectivity index (χ3v) is 3.96. The van der Waals surface area contributed by atoms with Crippen LogP contribution in [0.3, 0.4) is 0 Å². The Morgan fingerprint density at radius 2 is 1.88 bits per heavy atom. The van der Waals surface area contributed by atoms with Crippen molar-refractivity contribution in [2.24, 2.45) is 11.8 Å². The molecule has 1 saturated carbocycles. The van der Waals surface area contributed by atoms with Gasteiger partial charge in [0.25, 0.3) is 0 Å². The van der Waals surface area contributed by atoms with E-state index in [1.54, 1.807) is 0 Å². The summed E-state index contributed by atoms with van der Waals surface area (Å²) >= 11 is 0. The lowest BCUT2D eigenvalue weighted by molar-refractivity contribution is -0.148. The summed E-state index contributed by atoms with van der Waals surface area (Å²) in [5.74, 6) is 1.19. The van der Waals surface area contributed by atoms with Gasteiger partial charge in [-0.05, 0) is 31.2 Å². The van der Waals surface area contributed by atoms with Crippen LogP contribution in [-0.4, -0.2) is 37.1 Å². The van der Waals surface area contributed by atoms with E-state index in [1.165, 1.54) is 32.8 Å². The van der Waals surface area contributed by atoms with E-state index in [1.807, 2.05) is 0 Å². The van der Waals surface area contributed by atoms with Gasteiger partial charge in [-0.3, -0.25) is 9.69 Å². The zero-order valence-electron chi connectivity index (χ0n) is 11.7. The number of hydrogen-bond acceptors (Lipinski definition) is 3. The lowest BCUT2D eigenvalue weighted by Gasteiger charge is -2.31. The summed E-state index contributed by atoms with van der Waals surface area (Å²) in [5.41, 5.74) is 0. The normalized spacial score (nSPS) is 17.5. The average Bonchev–Trinajstić information content (AvgIpc) is 3.17. The summed E-state index contributed by atoms with van der Waals surface area (Å²) in [5, 5.41) is 0. The third kappa shape index (κ3) is 3.98. The molecule has 0 bridgehead atoms. The molecule has 1 atom stereocenters. The monoisotopic (exact) mass is 241 g/mol. The lowest BCUT2D eigenvalue weighted by atomic mass is 10.0. The van der Waals surface area contributed by atoms with Gasteiger partial charge in [0.05, 0.1) is 7.11 Å². The van der Waals surface area contributed by atoms with Gasteiger partial charge in [0.1, 0.15) is 6.04 Å². The number of esters is 1. The van der Waals surface area contributed by atoms with Crippen LogP contribution in [0.2, 0.25) is 0 Å². The molecule has 3 nitrogen and oxygen atoms in total. The van der Waals surface area contributed by atoms with E-state index >= 15 is 0 Å². The number of carbonyl (C=O) groups excluding carboxylic acids is 1. The first-order valence-corrected chi connectivity index (χ1v) is 6.99. The first-order chi connectivity index (χ1) is 8.17. The summed E-state index contributed by atoms with van der Waals surface area (Å²) < 4.78 is 4.96. The summed E-state index contributed by atoms with van der Waals surface area (Å²) in [6, 6.07) is 0.00519. The van der Waals surface area contributed by atoms with Crippen molar-refractivity contribution in [2.45, 2.75) is 52.5 Å². The maximum Gasteiger partial charge on any atom is 0.323 e. The van der Waals surface area contributed by atoms with Crippen molar-refractivity contribution in [2.75, 3.05) is 20.2 Å². The van der Waals surface area contributed by atoms with Crippen LogP contribution in [0.4, 0.5) is 0 Å². The highest BCUT2D eigenvalue weighted by atomic mass is 16.5. The molecule has 100 valence electrons. The fourth-order valence-corrected chi connectivity index (χ4v) is 2.49. The Labute approximate surface area is 106 Å². The molecule has 0 aromatic carbocycles. The zero-order chi connectivity index (χ0) is 12.8. The first kappa shape index (κ1) is 14.5. The molecule has 0 saturated heterocycles. The SMILES string of the molecule is CCC(CC)CN(CC)C(C(=O)OC)C1CC1. The molecule has 1 aliphatic rings. The Bertz CT molecular complexity index is 234. The van der Waals surface area contributed by atoms with Crippen molar-refractivity contribution in [1.29, 1.82) is 0 Å². The van der Waals surface area contributed by atoms with Gasteiger partial charge in [-0.15, -0.1) is 0 Å². The first-order valence-electron chi connectivity index (χ1n) is 6.99. The fourth-order valence-electron chi connectivity index (χ4n) is 2.49. The molecule has 17 heavy (non-hydrogen) atoms. The molecule has 1 rings (SSSR count). The number of hydrogen-bond donors (Lipinski definition) is 0. The molecule has 1 aliphatic carbocycles. The number of likely N-dealkylation sites (N-methyl/N-ethyl adjacent to an activating group) is 1. The number of carbonyl (C=O) groups is 1. The minimum absolute atomic E-state index is 0.00519. The van der Waals surface area contributed by atoms with Gasteiger partial charge in [-0.1, -0.05) is 33.6 Å². The zero-order valence-corrected chi connectivity index (χ0v) is 11.7. The molecule has 3 heteroatoms. The van der Waals surface area contributed by atoms with Crippen LogP contribution in [0, 0.1) is 11.8 Å². The highest BCUT2D eigenvalue weighted by molar-refractivity contribution is 5.76. The van der Waals surface area contributed by atoms with Crippen molar-refractivity contribution in [3.8, 4) is 0 Å². The predicted molar refractivity (Wildman–Crippen MR) is 69.8 cm³/mol. The second-order valence-corrected chi connectivity index (χ2v) is 5.08. The largest absolute Gasteiger partial charge is 0.468 e. The van der Waals surface area contributed by atoms with Crippen LogP contribution in [-0.2, 0) is 9.53 Å². The standard InChI is InChI=1S/C14H27NO2/c1-5-11(6-2)10-15(7-3)13(12-8-9-12)14(16)17-4/h11-13H,5-10H2,1-4H3. The van der Waals surface area contributed by atoms with Crippen LogP contribution in [0.5, 0.6) is 0 Å². The quantitative estimate of drug-likeness (QED) is 0.612. The maximum atomic E-state index is 11.9. The smallest absolute Gasteiger partial charge is 0.323 e. The van der Waals surface area contributed by atoms with Crippen LogP contribution >= 0.6 is 0 Å². The van der Waals surface area contributed by atoms with Crippen LogP contribution in [0.25, 0.3) is 0 Å². The topological polar surface area (TPSA) is 29.5 Å². The summed E-state index contributed by atoms with van der Waals surface area (Å²) in [6.07, 6.45) is 4.73. The summed E-state index contributed by atoms with van der Waals surface area (Å²) in [4.78, 5) is 14.2. The van der Waals surface area contributed by atoms with E-state index in [2.05, 4.69) is 25.7 Å². The molecular weight excluding hydrogens is 214 g/mol. The number of rotatable bonds is 8. The van der Waals surface area contributed by atoms with E-state index in [0.29, 0.717) is 11.8 Å². The van der Waals surface area contributed by atoms with E-state index in [9.17, 15) is 4.79 Å². The maximum absolute atomic E-state index is 11.9. The highest BCUT2D eigenvalue weighted by Crippen LogP contribution is 2.36. The van der Waals surface area contributed by atoms with Crippen LogP contribution in [0.1, 0.15) is 46.5 Å². The Hall–Kier alpha value is -0.570. The van der Waals surface area contributed by atoms with Crippen LogP contribution < -0.4 is 0 Å². The molecule has 0 spiro atoms. The van der Waals surface area contributed by atoms with E-state index in [-0.39, 0.29) is 12.0 Å². The minimum Gasteiger partial charge on any atom is -0.468 e. The number of ether oxygens (including phenoxy) is 1. The Kier molecular flexibility index (Phi) is 5.96. The van der Waals surface area contributed by atoms with Gasteiger partial charge in [0.15, 0.2) is 0 Å². The Balaban J connectivity index is 2.64. The molecule has 1 unspecified atom stereocenters. The van der Waals surface area contributed by atoms with Crippen molar-refractivity contribution < 1.29 is 9.53 Å². The molecule has 1 fully saturated rings. The van der Waals surface area contributed by atoms with Gasteiger partial charge >= 0.3 is 5.97 Å². The highest BCUT2D eigenvalue weighted by Gasteiger charge is 2.40. The second-order valence-electron chi connectivity index (χ2n) is 5.08. The minimum atomic E-state index is -0.0414.